The maximum absolute atomic E-state index is 12.9. The van der Waals surface area contributed by atoms with Gasteiger partial charge in [0.15, 0.2) is 0 Å². The third-order valence-electron chi connectivity index (χ3n) is 3.14. The maximum atomic E-state index is 12.9. The van der Waals surface area contributed by atoms with Crippen LogP contribution >= 0.6 is 0 Å². The van der Waals surface area contributed by atoms with Gasteiger partial charge >= 0.3 is 6.18 Å². The molecular formula is C15H12F3N3O. The molecule has 3 rings (SSSR count). The molecule has 0 saturated carbocycles. The van der Waals surface area contributed by atoms with E-state index in [-0.39, 0.29) is 12.4 Å². The van der Waals surface area contributed by atoms with E-state index in [9.17, 15) is 13.2 Å². The van der Waals surface area contributed by atoms with E-state index >= 15 is 0 Å². The van der Waals surface area contributed by atoms with E-state index in [0.29, 0.717) is 17.2 Å². The van der Waals surface area contributed by atoms with Crippen molar-refractivity contribution in [3.05, 3.63) is 59.9 Å². The van der Waals surface area contributed by atoms with Gasteiger partial charge in [0.05, 0.1) is 11.3 Å². The molecule has 7 heteroatoms. The Bertz CT molecular complexity index is 811. The highest BCUT2D eigenvalue weighted by atomic mass is 19.4. The summed E-state index contributed by atoms with van der Waals surface area (Å²) >= 11 is 0. The molecule has 22 heavy (non-hydrogen) atoms. The zero-order chi connectivity index (χ0) is 15.7. The minimum absolute atomic E-state index is 0.0752. The molecule has 1 aromatic carbocycles. The number of ether oxygens (including phenoxy) is 1. The van der Waals surface area contributed by atoms with E-state index in [2.05, 4.69) is 4.98 Å². The Morgan fingerprint density at radius 1 is 1.09 bits per heavy atom. The van der Waals surface area contributed by atoms with Crippen LogP contribution in [0.25, 0.3) is 5.65 Å². The van der Waals surface area contributed by atoms with Crippen molar-refractivity contribution >= 4 is 11.5 Å². The summed E-state index contributed by atoms with van der Waals surface area (Å²) in [4.78, 5) is 4.26. The zero-order valence-corrected chi connectivity index (χ0v) is 11.3. The van der Waals surface area contributed by atoms with Gasteiger partial charge in [-0.1, -0.05) is 18.2 Å². The Morgan fingerprint density at radius 3 is 2.59 bits per heavy atom. The molecular weight excluding hydrogens is 295 g/mol. The van der Waals surface area contributed by atoms with E-state index in [1.165, 1.54) is 18.2 Å². The van der Waals surface area contributed by atoms with Crippen molar-refractivity contribution in [1.82, 2.24) is 9.38 Å². The molecule has 2 aromatic heterocycles. The van der Waals surface area contributed by atoms with E-state index in [1.807, 2.05) is 0 Å². The van der Waals surface area contributed by atoms with E-state index in [4.69, 9.17) is 10.5 Å². The Balaban J connectivity index is 1.84. The fourth-order valence-corrected chi connectivity index (χ4v) is 2.13. The molecule has 3 aromatic rings. The monoisotopic (exact) mass is 307 g/mol. The molecule has 0 radical (unpaired) electrons. The molecule has 0 unspecified atom stereocenters. The van der Waals surface area contributed by atoms with Crippen molar-refractivity contribution in [1.29, 1.82) is 0 Å². The highest BCUT2D eigenvalue weighted by Gasteiger charge is 2.34. The molecule has 2 N–H and O–H groups in total. The van der Waals surface area contributed by atoms with Crippen molar-refractivity contribution in [2.24, 2.45) is 0 Å². The van der Waals surface area contributed by atoms with Gasteiger partial charge in [0.2, 0.25) is 0 Å². The summed E-state index contributed by atoms with van der Waals surface area (Å²) in [6, 6.07) is 10.3. The molecule has 0 aliphatic carbocycles. The van der Waals surface area contributed by atoms with Crippen LogP contribution in [0.1, 0.15) is 11.3 Å². The number of hydrogen-bond acceptors (Lipinski definition) is 3. The van der Waals surface area contributed by atoms with Gasteiger partial charge in [0, 0.05) is 6.20 Å². The SMILES string of the molecule is Nc1cccc2nc(COc3ccccc3C(F)(F)F)cn12. The smallest absolute Gasteiger partial charge is 0.419 e. The fourth-order valence-electron chi connectivity index (χ4n) is 2.13. The number of anilines is 1. The van der Waals surface area contributed by atoms with Crippen LogP contribution in [0.15, 0.2) is 48.7 Å². The maximum Gasteiger partial charge on any atom is 0.419 e. The molecule has 0 fully saturated rings. The van der Waals surface area contributed by atoms with E-state index < -0.39 is 11.7 Å². The van der Waals surface area contributed by atoms with Gasteiger partial charge < -0.3 is 10.5 Å². The molecule has 0 aliphatic rings. The quantitative estimate of drug-likeness (QED) is 0.805. The predicted molar refractivity (Wildman–Crippen MR) is 75.4 cm³/mol. The number of nitrogens with zero attached hydrogens (tertiary/aromatic N) is 2. The standard InChI is InChI=1S/C15H12F3N3O/c16-15(17,18)11-4-1-2-5-12(11)22-9-10-8-21-13(19)6-3-7-14(21)20-10/h1-8H,9,19H2. The Kier molecular flexibility index (Phi) is 3.40. The Hall–Kier alpha value is -2.70. The number of para-hydroxylation sites is 1. The first-order valence-electron chi connectivity index (χ1n) is 6.46. The van der Waals surface area contributed by atoms with Crippen LogP contribution in [-0.4, -0.2) is 9.38 Å². The van der Waals surface area contributed by atoms with Crippen molar-refractivity contribution in [2.75, 3.05) is 5.73 Å². The van der Waals surface area contributed by atoms with Gasteiger partial charge in [-0.3, -0.25) is 4.40 Å². The first kappa shape index (κ1) is 14.2. The van der Waals surface area contributed by atoms with Crippen LogP contribution in [0.2, 0.25) is 0 Å². The minimum Gasteiger partial charge on any atom is -0.487 e. The summed E-state index contributed by atoms with van der Waals surface area (Å²) in [5.41, 5.74) is 6.09. The van der Waals surface area contributed by atoms with Gasteiger partial charge in [0.1, 0.15) is 23.8 Å². The summed E-state index contributed by atoms with van der Waals surface area (Å²) in [7, 11) is 0. The number of rotatable bonds is 3. The van der Waals surface area contributed by atoms with E-state index in [0.717, 1.165) is 6.07 Å². The summed E-state index contributed by atoms with van der Waals surface area (Å²) < 4.78 is 45.6. The topological polar surface area (TPSA) is 52.5 Å². The summed E-state index contributed by atoms with van der Waals surface area (Å²) in [5, 5.41) is 0. The average molecular weight is 307 g/mol. The number of nitrogens with two attached hydrogens (primary N) is 1. The van der Waals surface area contributed by atoms with Crippen molar-refractivity contribution in [2.45, 2.75) is 12.8 Å². The fraction of sp³-hybridized carbons (Fsp3) is 0.133. The Morgan fingerprint density at radius 2 is 1.86 bits per heavy atom. The number of benzene rings is 1. The summed E-state index contributed by atoms with van der Waals surface area (Å²) in [6.07, 6.45) is -2.82. The predicted octanol–water partition coefficient (Wildman–Crippen LogP) is 3.51. The minimum atomic E-state index is -4.46. The lowest BCUT2D eigenvalue weighted by Gasteiger charge is -2.12. The molecule has 114 valence electrons. The summed E-state index contributed by atoms with van der Waals surface area (Å²) in [5.74, 6) is 0.270. The number of aromatic nitrogens is 2. The third kappa shape index (κ3) is 2.69. The third-order valence-corrected chi connectivity index (χ3v) is 3.14. The molecule has 0 amide bonds. The first-order chi connectivity index (χ1) is 10.4. The first-order valence-corrected chi connectivity index (χ1v) is 6.46. The van der Waals surface area contributed by atoms with Crippen LogP contribution in [0, 0.1) is 0 Å². The molecule has 0 spiro atoms. The highest BCUT2D eigenvalue weighted by molar-refractivity contribution is 5.48. The second-order valence-electron chi connectivity index (χ2n) is 4.69. The van der Waals surface area contributed by atoms with Crippen LogP contribution in [0.4, 0.5) is 19.0 Å². The highest BCUT2D eigenvalue weighted by Crippen LogP contribution is 2.36. The van der Waals surface area contributed by atoms with Gasteiger partial charge in [-0.2, -0.15) is 13.2 Å². The number of halogens is 3. The lowest BCUT2D eigenvalue weighted by Crippen LogP contribution is -2.08. The average Bonchev–Trinajstić information content (AvgIpc) is 2.89. The number of imidazole rings is 1. The van der Waals surface area contributed by atoms with Gasteiger partial charge in [-0.25, -0.2) is 4.98 Å². The van der Waals surface area contributed by atoms with Gasteiger partial charge in [0.25, 0.3) is 0 Å². The Labute approximate surface area is 124 Å². The van der Waals surface area contributed by atoms with Crippen molar-refractivity contribution in [3.63, 3.8) is 0 Å². The number of pyridine rings is 1. The molecule has 0 bridgehead atoms. The lowest BCUT2D eigenvalue weighted by atomic mass is 10.2. The van der Waals surface area contributed by atoms with Gasteiger partial charge in [-0.15, -0.1) is 0 Å². The van der Waals surface area contributed by atoms with Crippen molar-refractivity contribution in [3.8, 4) is 5.75 Å². The second kappa shape index (κ2) is 5.25. The molecule has 2 heterocycles. The summed E-state index contributed by atoms with van der Waals surface area (Å²) in [6.45, 7) is -0.0752. The van der Waals surface area contributed by atoms with Gasteiger partial charge in [-0.05, 0) is 24.3 Å². The van der Waals surface area contributed by atoms with Crippen LogP contribution in [0.5, 0.6) is 5.75 Å². The van der Waals surface area contributed by atoms with Crippen LogP contribution in [-0.2, 0) is 12.8 Å². The van der Waals surface area contributed by atoms with Crippen LogP contribution in [0.3, 0.4) is 0 Å². The number of alkyl halides is 3. The second-order valence-corrected chi connectivity index (χ2v) is 4.69. The van der Waals surface area contributed by atoms with Crippen LogP contribution < -0.4 is 10.5 Å². The molecule has 0 saturated heterocycles. The lowest BCUT2D eigenvalue weighted by molar-refractivity contribution is -0.139. The normalized spacial score (nSPS) is 11.8. The molecule has 0 aliphatic heterocycles. The molecule has 4 nitrogen and oxygen atoms in total. The number of nitrogen functional groups attached to an aromatic ring is 1. The zero-order valence-electron chi connectivity index (χ0n) is 11.3. The number of hydrogen-bond donors (Lipinski definition) is 1. The van der Waals surface area contributed by atoms with E-state index in [1.54, 1.807) is 28.8 Å². The largest absolute Gasteiger partial charge is 0.487 e. The number of fused-ring (bicyclic) bond motifs is 1. The van der Waals surface area contributed by atoms with Crippen molar-refractivity contribution < 1.29 is 17.9 Å². The molecule has 0 atom stereocenters.